The lowest BCUT2D eigenvalue weighted by Crippen LogP contribution is -2.29. The number of rotatable bonds is 3. The molecule has 1 amide bonds. The van der Waals surface area contributed by atoms with Gasteiger partial charge in [-0.3, -0.25) is 4.79 Å². The Bertz CT molecular complexity index is 720. The Hall–Kier alpha value is -0.960. The first-order valence-electron chi connectivity index (χ1n) is 5.91. The van der Waals surface area contributed by atoms with Crippen LogP contribution in [0.15, 0.2) is 12.1 Å². The van der Waals surface area contributed by atoms with Crippen molar-refractivity contribution in [2.24, 2.45) is 0 Å². The third-order valence-electron chi connectivity index (χ3n) is 3.06. The number of aromatic nitrogens is 2. The van der Waals surface area contributed by atoms with Crippen molar-refractivity contribution in [2.45, 2.75) is 25.4 Å². The van der Waals surface area contributed by atoms with E-state index in [9.17, 15) is 9.18 Å². The SMILES string of the molecule is O=C(Cn1c(=S)[nH]c2cc(I)c(F)cc21)NC1CC1. The van der Waals surface area contributed by atoms with Crippen molar-refractivity contribution in [2.75, 3.05) is 0 Å². The van der Waals surface area contributed by atoms with Gasteiger partial charge in [-0.25, -0.2) is 4.39 Å². The number of aromatic amines is 1. The first-order valence-corrected chi connectivity index (χ1v) is 7.40. The van der Waals surface area contributed by atoms with Crippen molar-refractivity contribution in [1.29, 1.82) is 0 Å². The minimum absolute atomic E-state index is 0.0848. The number of amides is 1. The Morgan fingerprint density at radius 1 is 1.58 bits per heavy atom. The summed E-state index contributed by atoms with van der Waals surface area (Å²) < 4.78 is 16.2. The highest BCUT2D eigenvalue weighted by molar-refractivity contribution is 14.1. The van der Waals surface area contributed by atoms with E-state index in [0.717, 1.165) is 18.4 Å². The number of halogens is 2. The Labute approximate surface area is 127 Å². The normalized spacial score (nSPS) is 14.8. The van der Waals surface area contributed by atoms with Gasteiger partial charge in [0.25, 0.3) is 0 Å². The fraction of sp³-hybridized carbons (Fsp3) is 0.333. The number of carbonyl (C=O) groups excluding carboxylic acids is 1. The van der Waals surface area contributed by atoms with E-state index >= 15 is 0 Å². The van der Waals surface area contributed by atoms with E-state index in [1.54, 1.807) is 10.6 Å². The Morgan fingerprint density at radius 2 is 2.32 bits per heavy atom. The average Bonchev–Trinajstić information content (AvgIpc) is 3.09. The van der Waals surface area contributed by atoms with E-state index in [0.29, 0.717) is 19.9 Å². The zero-order chi connectivity index (χ0) is 13.6. The molecule has 0 spiro atoms. The van der Waals surface area contributed by atoms with E-state index in [-0.39, 0.29) is 18.3 Å². The molecule has 1 aliphatic rings. The van der Waals surface area contributed by atoms with Crippen molar-refractivity contribution in [1.82, 2.24) is 14.9 Å². The van der Waals surface area contributed by atoms with Crippen LogP contribution in [-0.4, -0.2) is 21.5 Å². The summed E-state index contributed by atoms with van der Waals surface area (Å²) in [6.07, 6.45) is 2.08. The van der Waals surface area contributed by atoms with Gasteiger partial charge in [-0.15, -0.1) is 0 Å². The summed E-state index contributed by atoms with van der Waals surface area (Å²) in [5, 5.41) is 2.89. The number of nitrogens with one attached hydrogen (secondary N) is 2. The molecule has 1 saturated carbocycles. The second kappa shape index (κ2) is 4.86. The molecule has 4 nitrogen and oxygen atoms in total. The van der Waals surface area contributed by atoms with Crippen LogP contribution in [0.5, 0.6) is 0 Å². The average molecular weight is 391 g/mol. The smallest absolute Gasteiger partial charge is 0.240 e. The van der Waals surface area contributed by atoms with Gasteiger partial charge in [-0.05, 0) is 53.7 Å². The van der Waals surface area contributed by atoms with Crippen LogP contribution < -0.4 is 5.32 Å². The topological polar surface area (TPSA) is 49.8 Å². The van der Waals surface area contributed by atoms with Gasteiger partial charge >= 0.3 is 0 Å². The van der Waals surface area contributed by atoms with Crippen molar-refractivity contribution in [3.8, 4) is 0 Å². The number of hydrogen-bond donors (Lipinski definition) is 2. The summed E-state index contributed by atoms with van der Waals surface area (Å²) in [5.74, 6) is -0.392. The molecule has 100 valence electrons. The maximum Gasteiger partial charge on any atom is 0.240 e. The first kappa shape index (κ1) is 13.0. The van der Waals surface area contributed by atoms with Gasteiger partial charge in [0.2, 0.25) is 5.91 Å². The number of carbonyl (C=O) groups is 1. The summed E-state index contributed by atoms with van der Waals surface area (Å²) in [6, 6.07) is 3.41. The highest BCUT2D eigenvalue weighted by Crippen LogP contribution is 2.21. The molecule has 0 unspecified atom stereocenters. The lowest BCUT2D eigenvalue weighted by atomic mass is 10.3. The molecule has 19 heavy (non-hydrogen) atoms. The summed E-state index contributed by atoms with van der Waals surface area (Å²) in [7, 11) is 0. The van der Waals surface area contributed by atoms with Crippen molar-refractivity contribution < 1.29 is 9.18 Å². The maximum atomic E-state index is 13.6. The molecule has 0 radical (unpaired) electrons. The summed E-state index contributed by atoms with van der Waals surface area (Å²) in [4.78, 5) is 14.8. The molecule has 2 aromatic rings. The van der Waals surface area contributed by atoms with Gasteiger partial charge < -0.3 is 14.9 Å². The Kier molecular flexibility index (Phi) is 3.34. The number of fused-ring (bicyclic) bond motifs is 1. The number of imidazole rings is 1. The predicted octanol–water partition coefficient (Wildman–Crippen LogP) is 2.72. The number of nitrogens with zero attached hydrogens (tertiary/aromatic N) is 1. The van der Waals surface area contributed by atoms with Crippen LogP contribution in [0.25, 0.3) is 11.0 Å². The number of hydrogen-bond acceptors (Lipinski definition) is 2. The molecule has 0 atom stereocenters. The van der Waals surface area contributed by atoms with E-state index in [1.165, 1.54) is 6.07 Å². The summed E-state index contributed by atoms with van der Waals surface area (Å²) in [6.45, 7) is 0.120. The fourth-order valence-corrected chi connectivity index (χ4v) is 2.69. The second-order valence-corrected chi connectivity index (χ2v) is 6.19. The van der Waals surface area contributed by atoms with E-state index in [1.807, 2.05) is 22.6 Å². The molecular weight excluding hydrogens is 380 g/mol. The predicted molar refractivity (Wildman–Crippen MR) is 81.0 cm³/mol. The molecule has 0 aliphatic heterocycles. The molecule has 1 aliphatic carbocycles. The lowest BCUT2D eigenvalue weighted by Gasteiger charge is -2.05. The maximum absolute atomic E-state index is 13.6. The van der Waals surface area contributed by atoms with Crippen LogP contribution in [0, 0.1) is 14.2 Å². The molecule has 2 N–H and O–H groups in total. The molecule has 3 rings (SSSR count). The Balaban J connectivity index is 1.97. The molecule has 1 fully saturated rings. The summed E-state index contributed by atoms with van der Waals surface area (Å²) >= 11 is 7.12. The van der Waals surface area contributed by atoms with Crippen molar-refractivity contribution in [3.05, 3.63) is 26.3 Å². The molecule has 0 saturated heterocycles. The van der Waals surface area contributed by atoms with Crippen LogP contribution in [0.3, 0.4) is 0 Å². The van der Waals surface area contributed by atoms with Crippen molar-refractivity contribution in [3.63, 3.8) is 0 Å². The summed E-state index contributed by atoms with van der Waals surface area (Å²) in [5.41, 5.74) is 1.36. The van der Waals surface area contributed by atoms with Gasteiger partial charge in [0.05, 0.1) is 14.6 Å². The van der Waals surface area contributed by atoms with Gasteiger partial charge in [0.1, 0.15) is 12.4 Å². The van der Waals surface area contributed by atoms with Crippen LogP contribution in [0.4, 0.5) is 4.39 Å². The third-order valence-corrected chi connectivity index (χ3v) is 4.21. The number of benzene rings is 1. The molecule has 7 heteroatoms. The second-order valence-electron chi connectivity index (χ2n) is 4.64. The highest BCUT2D eigenvalue weighted by atomic mass is 127. The van der Waals surface area contributed by atoms with Gasteiger partial charge in [0, 0.05) is 12.1 Å². The van der Waals surface area contributed by atoms with Crippen LogP contribution in [0.2, 0.25) is 0 Å². The molecule has 1 heterocycles. The first-order chi connectivity index (χ1) is 9.04. The minimum atomic E-state index is -0.307. The monoisotopic (exact) mass is 391 g/mol. The molecule has 0 bridgehead atoms. The van der Waals surface area contributed by atoms with Gasteiger partial charge in [0.15, 0.2) is 4.77 Å². The zero-order valence-corrected chi connectivity index (χ0v) is 12.8. The largest absolute Gasteiger partial charge is 0.352 e. The standard InChI is InChI=1S/C12H11FIN3OS/c13-7-3-10-9(4-8(7)14)16-12(19)17(10)5-11(18)15-6-1-2-6/h3-4,6H,1-2,5H2,(H,15,18)(H,16,19). The number of H-pyrrole nitrogens is 1. The van der Waals surface area contributed by atoms with E-state index in [2.05, 4.69) is 10.3 Å². The van der Waals surface area contributed by atoms with Crippen LogP contribution >= 0.6 is 34.8 Å². The highest BCUT2D eigenvalue weighted by Gasteiger charge is 2.23. The fourth-order valence-electron chi connectivity index (χ4n) is 1.95. The van der Waals surface area contributed by atoms with Crippen molar-refractivity contribution >= 4 is 51.7 Å². The van der Waals surface area contributed by atoms with Crippen LogP contribution in [-0.2, 0) is 11.3 Å². The molecule has 1 aromatic heterocycles. The third kappa shape index (κ3) is 2.66. The zero-order valence-electron chi connectivity index (χ0n) is 9.87. The minimum Gasteiger partial charge on any atom is -0.352 e. The molecule has 1 aromatic carbocycles. The molecular formula is C12H11FIN3OS. The van der Waals surface area contributed by atoms with E-state index in [4.69, 9.17) is 12.2 Å². The van der Waals surface area contributed by atoms with Gasteiger partial charge in [-0.1, -0.05) is 0 Å². The quantitative estimate of drug-likeness (QED) is 0.625. The van der Waals surface area contributed by atoms with Crippen LogP contribution in [0.1, 0.15) is 12.8 Å². The van der Waals surface area contributed by atoms with E-state index < -0.39 is 0 Å². The van der Waals surface area contributed by atoms with Gasteiger partial charge in [-0.2, -0.15) is 0 Å². The Morgan fingerprint density at radius 3 is 3.00 bits per heavy atom. The lowest BCUT2D eigenvalue weighted by molar-refractivity contribution is -0.121.